The van der Waals surface area contributed by atoms with Gasteiger partial charge in [0.1, 0.15) is 0 Å². The SMILES string of the molecule is CCc1ccccc1N1CC(C(=O)N2CCN(c3cccc(Cl)c3)CC2)CC1=O. The Morgan fingerprint density at radius 2 is 1.83 bits per heavy atom. The summed E-state index contributed by atoms with van der Waals surface area (Å²) in [5, 5.41) is 0.720. The highest BCUT2D eigenvalue weighted by Crippen LogP contribution is 2.30. The summed E-state index contributed by atoms with van der Waals surface area (Å²) >= 11 is 6.10. The van der Waals surface area contributed by atoms with E-state index in [-0.39, 0.29) is 17.7 Å². The Labute approximate surface area is 176 Å². The van der Waals surface area contributed by atoms with Crippen molar-refractivity contribution in [1.82, 2.24) is 4.90 Å². The molecular weight excluding hydrogens is 386 g/mol. The molecule has 2 aromatic carbocycles. The van der Waals surface area contributed by atoms with Gasteiger partial charge in [0.25, 0.3) is 0 Å². The molecule has 2 heterocycles. The maximum absolute atomic E-state index is 13.1. The molecule has 152 valence electrons. The van der Waals surface area contributed by atoms with Crippen LogP contribution >= 0.6 is 11.6 Å². The largest absolute Gasteiger partial charge is 0.368 e. The van der Waals surface area contributed by atoms with E-state index >= 15 is 0 Å². The molecule has 4 rings (SSSR count). The minimum absolute atomic E-state index is 0.0433. The minimum atomic E-state index is -0.259. The molecule has 2 amide bonds. The number of hydrogen-bond donors (Lipinski definition) is 0. The van der Waals surface area contributed by atoms with Gasteiger partial charge in [0.05, 0.1) is 5.92 Å². The van der Waals surface area contributed by atoms with Gasteiger partial charge in [-0.2, -0.15) is 0 Å². The molecule has 6 heteroatoms. The molecule has 0 saturated carbocycles. The second-order valence-corrected chi connectivity index (χ2v) is 8.12. The standard InChI is InChI=1S/C23H26ClN3O2/c1-2-17-6-3-4-9-21(17)27-16-18(14-22(27)28)23(29)26-12-10-25(11-13-26)20-8-5-7-19(24)15-20/h3-9,15,18H,2,10-14,16H2,1H3. The average molecular weight is 412 g/mol. The van der Waals surface area contributed by atoms with E-state index in [0.29, 0.717) is 26.1 Å². The van der Waals surface area contributed by atoms with Crippen molar-refractivity contribution >= 4 is 34.8 Å². The lowest BCUT2D eigenvalue weighted by molar-refractivity contribution is -0.136. The van der Waals surface area contributed by atoms with Gasteiger partial charge < -0.3 is 14.7 Å². The lowest BCUT2D eigenvalue weighted by atomic mass is 10.1. The van der Waals surface area contributed by atoms with Crippen molar-refractivity contribution in [2.24, 2.45) is 5.92 Å². The number of amides is 2. The third-order valence-electron chi connectivity index (χ3n) is 5.90. The Morgan fingerprint density at radius 3 is 2.55 bits per heavy atom. The number of para-hydroxylation sites is 1. The number of carbonyl (C=O) groups excluding carboxylic acids is 2. The molecule has 0 spiro atoms. The predicted octanol–water partition coefficient (Wildman–Crippen LogP) is 3.60. The Hall–Kier alpha value is -2.53. The predicted molar refractivity (Wildman–Crippen MR) is 117 cm³/mol. The summed E-state index contributed by atoms with van der Waals surface area (Å²) < 4.78 is 0. The summed E-state index contributed by atoms with van der Waals surface area (Å²) in [6.07, 6.45) is 1.16. The molecule has 0 bridgehead atoms. The van der Waals surface area contributed by atoms with Crippen LogP contribution in [0.1, 0.15) is 18.9 Å². The molecule has 1 atom stereocenters. The quantitative estimate of drug-likeness (QED) is 0.772. The van der Waals surface area contributed by atoms with Gasteiger partial charge in [-0.3, -0.25) is 9.59 Å². The fraction of sp³-hybridized carbons (Fsp3) is 0.391. The summed E-state index contributed by atoms with van der Waals surface area (Å²) in [6, 6.07) is 15.8. The molecular formula is C23H26ClN3O2. The summed E-state index contributed by atoms with van der Waals surface area (Å²) in [5.41, 5.74) is 3.17. The van der Waals surface area contributed by atoms with E-state index in [1.807, 2.05) is 53.4 Å². The fourth-order valence-corrected chi connectivity index (χ4v) is 4.48. The average Bonchev–Trinajstić information content (AvgIpc) is 3.14. The number of aryl methyl sites for hydroxylation is 1. The van der Waals surface area contributed by atoms with Crippen molar-refractivity contribution in [3.8, 4) is 0 Å². The van der Waals surface area contributed by atoms with Crippen LogP contribution in [0.2, 0.25) is 5.02 Å². The van der Waals surface area contributed by atoms with Crippen molar-refractivity contribution in [2.45, 2.75) is 19.8 Å². The Balaban J connectivity index is 1.39. The summed E-state index contributed by atoms with van der Waals surface area (Å²) in [7, 11) is 0. The first-order valence-electron chi connectivity index (χ1n) is 10.2. The van der Waals surface area contributed by atoms with Gasteiger partial charge in [0.2, 0.25) is 11.8 Å². The highest BCUT2D eigenvalue weighted by Gasteiger charge is 2.38. The molecule has 2 aliphatic rings. The molecule has 2 fully saturated rings. The van der Waals surface area contributed by atoms with Crippen LogP contribution in [0.5, 0.6) is 0 Å². The zero-order valence-corrected chi connectivity index (χ0v) is 17.4. The van der Waals surface area contributed by atoms with E-state index in [1.54, 1.807) is 4.90 Å². The van der Waals surface area contributed by atoms with Crippen LogP contribution in [-0.4, -0.2) is 49.4 Å². The third kappa shape index (κ3) is 4.10. The van der Waals surface area contributed by atoms with Crippen LogP contribution in [0, 0.1) is 5.92 Å². The van der Waals surface area contributed by atoms with E-state index in [9.17, 15) is 9.59 Å². The number of benzene rings is 2. The second-order valence-electron chi connectivity index (χ2n) is 7.68. The zero-order valence-electron chi connectivity index (χ0n) is 16.7. The van der Waals surface area contributed by atoms with Gasteiger partial charge in [-0.05, 0) is 36.2 Å². The van der Waals surface area contributed by atoms with Gasteiger partial charge in [-0.25, -0.2) is 0 Å². The molecule has 1 unspecified atom stereocenters. The van der Waals surface area contributed by atoms with E-state index in [2.05, 4.69) is 11.8 Å². The lowest BCUT2D eigenvalue weighted by Crippen LogP contribution is -2.50. The topological polar surface area (TPSA) is 43.9 Å². The maximum Gasteiger partial charge on any atom is 0.228 e. The van der Waals surface area contributed by atoms with Crippen molar-refractivity contribution in [3.05, 3.63) is 59.1 Å². The van der Waals surface area contributed by atoms with Gasteiger partial charge in [-0.1, -0.05) is 42.8 Å². The monoisotopic (exact) mass is 411 g/mol. The van der Waals surface area contributed by atoms with Crippen LogP contribution in [0.25, 0.3) is 0 Å². The van der Waals surface area contributed by atoms with Crippen molar-refractivity contribution in [3.63, 3.8) is 0 Å². The number of carbonyl (C=O) groups is 2. The van der Waals surface area contributed by atoms with Crippen LogP contribution in [0.4, 0.5) is 11.4 Å². The first-order valence-corrected chi connectivity index (χ1v) is 10.6. The van der Waals surface area contributed by atoms with Crippen molar-refractivity contribution < 1.29 is 9.59 Å². The van der Waals surface area contributed by atoms with Gasteiger partial charge in [-0.15, -0.1) is 0 Å². The Bertz CT molecular complexity index is 909. The number of rotatable bonds is 4. The minimum Gasteiger partial charge on any atom is -0.368 e. The van der Waals surface area contributed by atoms with E-state index in [4.69, 9.17) is 11.6 Å². The molecule has 0 radical (unpaired) electrons. The van der Waals surface area contributed by atoms with Crippen LogP contribution in [0.15, 0.2) is 48.5 Å². The first kappa shape index (κ1) is 19.8. The zero-order chi connectivity index (χ0) is 20.4. The highest BCUT2D eigenvalue weighted by molar-refractivity contribution is 6.30. The Kier molecular flexibility index (Phi) is 5.76. The van der Waals surface area contributed by atoms with E-state index in [0.717, 1.165) is 41.5 Å². The lowest BCUT2D eigenvalue weighted by Gasteiger charge is -2.37. The molecule has 0 aromatic heterocycles. The summed E-state index contributed by atoms with van der Waals surface area (Å²) in [6.45, 7) is 5.44. The summed E-state index contributed by atoms with van der Waals surface area (Å²) in [4.78, 5) is 31.7. The Morgan fingerprint density at radius 1 is 1.07 bits per heavy atom. The smallest absolute Gasteiger partial charge is 0.228 e. The van der Waals surface area contributed by atoms with Crippen LogP contribution in [-0.2, 0) is 16.0 Å². The second kappa shape index (κ2) is 8.46. The van der Waals surface area contributed by atoms with E-state index in [1.165, 1.54) is 0 Å². The highest BCUT2D eigenvalue weighted by atomic mass is 35.5. The number of nitrogens with zero attached hydrogens (tertiary/aromatic N) is 3. The third-order valence-corrected chi connectivity index (χ3v) is 6.14. The molecule has 2 aromatic rings. The fourth-order valence-electron chi connectivity index (χ4n) is 4.30. The number of anilines is 2. The van der Waals surface area contributed by atoms with Crippen molar-refractivity contribution in [2.75, 3.05) is 42.5 Å². The number of hydrogen-bond acceptors (Lipinski definition) is 3. The molecule has 5 nitrogen and oxygen atoms in total. The molecule has 2 saturated heterocycles. The van der Waals surface area contributed by atoms with Crippen LogP contribution < -0.4 is 9.80 Å². The number of halogens is 1. The normalized spacial score (nSPS) is 19.7. The molecule has 2 aliphatic heterocycles. The van der Waals surface area contributed by atoms with Gasteiger partial charge in [0.15, 0.2) is 0 Å². The number of piperazine rings is 1. The maximum atomic E-state index is 13.1. The van der Waals surface area contributed by atoms with Gasteiger partial charge >= 0.3 is 0 Å². The van der Waals surface area contributed by atoms with Crippen molar-refractivity contribution in [1.29, 1.82) is 0 Å². The van der Waals surface area contributed by atoms with Crippen LogP contribution in [0.3, 0.4) is 0 Å². The first-order chi connectivity index (χ1) is 14.1. The molecule has 0 aliphatic carbocycles. The molecule has 0 N–H and O–H groups in total. The summed E-state index contributed by atoms with van der Waals surface area (Å²) in [5.74, 6) is -0.118. The van der Waals surface area contributed by atoms with E-state index < -0.39 is 0 Å². The van der Waals surface area contributed by atoms with Gasteiger partial charge in [0, 0.05) is 55.5 Å². The molecule has 29 heavy (non-hydrogen) atoms.